The fourth-order valence-corrected chi connectivity index (χ4v) is 2.55. The summed E-state index contributed by atoms with van der Waals surface area (Å²) in [7, 11) is 0. The Balaban J connectivity index is 1.75. The molecule has 0 spiro atoms. The van der Waals surface area contributed by atoms with Crippen LogP contribution in [0.25, 0.3) is 5.69 Å². The van der Waals surface area contributed by atoms with Gasteiger partial charge < -0.3 is 5.11 Å². The third kappa shape index (κ3) is 3.51. The summed E-state index contributed by atoms with van der Waals surface area (Å²) in [5.74, 6) is 0. The molecular formula is C17H15IN2O. The Hall–Kier alpha value is -1.66. The number of benzene rings is 2. The number of nitrogens with zero attached hydrogens (tertiary/aromatic N) is 2. The van der Waals surface area contributed by atoms with Crippen LogP contribution in [0.15, 0.2) is 67.0 Å². The van der Waals surface area contributed by atoms with Crippen molar-refractivity contribution in [3.05, 3.63) is 81.7 Å². The lowest BCUT2D eigenvalue weighted by Crippen LogP contribution is -2.01. The first-order valence-electron chi connectivity index (χ1n) is 6.75. The molecule has 1 heterocycles. The van der Waals surface area contributed by atoms with Crippen LogP contribution < -0.4 is 0 Å². The molecule has 1 unspecified atom stereocenters. The van der Waals surface area contributed by atoms with Crippen LogP contribution in [0.2, 0.25) is 0 Å². The highest BCUT2D eigenvalue weighted by Gasteiger charge is 2.11. The van der Waals surface area contributed by atoms with Crippen molar-refractivity contribution in [3.63, 3.8) is 0 Å². The van der Waals surface area contributed by atoms with Crippen LogP contribution >= 0.6 is 22.6 Å². The highest BCUT2D eigenvalue weighted by molar-refractivity contribution is 14.1. The van der Waals surface area contributed by atoms with E-state index in [0.717, 1.165) is 16.8 Å². The van der Waals surface area contributed by atoms with Gasteiger partial charge in [-0.1, -0.05) is 30.3 Å². The zero-order valence-corrected chi connectivity index (χ0v) is 13.5. The van der Waals surface area contributed by atoms with Crippen molar-refractivity contribution in [2.45, 2.75) is 12.5 Å². The number of aliphatic hydroxyl groups is 1. The van der Waals surface area contributed by atoms with Gasteiger partial charge in [0.15, 0.2) is 0 Å². The number of para-hydroxylation sites is 1. The molecule has 0 radical (unpaired) electrons. The maximum Gasteiger partial charge on any atom is 0.0860 e. The molecule has 0 aliphatic heterocycles. The minimum absolute atomic E-state index is 0.539. The van der Waals surface area contributed by atoms with Gasteiger partial charge >= 0.3 is 0 Å². The summed E-state index contributed by atoms with van der Waals surface area (Å²) in [6.45, 7) is 0. The summed E-state index contributed by atoms with van der Waals surface area (Å²) in [5.41, 5.74) is 2.94. The smallest absolute Gasteiger partial charge is 0.0860 e. The van der Waals surface area contributed by atoms with E-state index in [1.165, 1.54) is 3.57 Å². The topological polar surface area (TPSA) is 38.1 Å². The zero-order chi connectivity index (χ0) is 14.7. The number of rotatable bonds is 4. The lowest BCUT2D eigenvalue weighted by atomic mass is 10.0. The summed E-state index contributed by atoms with van der Waals surface area (Å²) < 4.78 is 2.98. The Morgan fingerprint density at radius 1 is 1.05 bits per heavy atom. The van der Waals surface area contributed by atoms with Gasteiger partial charge in [0.25, 0.3) is 0 Å². The molecule has 1 N–H and O–H groups in total. The van der Waals surface area contributed by atoms with Gasteiger partial charge in [0.05, 0.1) is 18.0 Å². The molecule has 106 valence electrons. The lowest BCUT2D eigenvalue weighted by Gasteiger charge is -2.08. The number of hydrogen-bond acceptors (Lipinski definition) is 2. The van der Waals surface area contributed by atoms with Crippen molar-refractivity contribution in [2.24, 2.45) is 0 Å². The van der Waals surface area contributed by atoms with E-state index in [9.17, 15) is 5.11 Å². The highest BCUT2D eigenvalue weighted by atomic mass is 127. The van der Waals surface area contributed by atoms with Gasteiger partial charge in [-0.15, -0.1) is 0 Å². The monoisotopic (exact) mass is 390 g/mol. The zero-order valence-electron chi connectivity index (χ0n) is 11.4. The molecule has 0 aliphatic rings. The van der Waals surface area contributed by atoms with E-state index in [2.05, 4.69) is 39.8 Å². The quantitative estimate of drug-likeness (QED) is 0.690. The number of halogens is 1. The van der Waals surface area contributed by atoms with Crippen molar-refractivity contribution in [3.8, 4) is 5.69 Å². The first-order chi connectivity index (χ1) is 10.2. The molecule has 3 aromatic rings. The third-order valence-corrected chi connectivity index (χ3v) is 4.07. The molecule has 3 rings (SSSR count). The second kappa shape index (κ2) is 6.41. The maximum absolute atomic E-state index is 10.3. The van der Waals surface area contributed by atoms with Crippen molar-refractivity contribution in [1.82, 2.24) is 9.78 Å². The molecule has 0 fully saturated rings. The molecule has 2 aromatic carbocycles. The Morgan fingerprint density at radius 3 is 2.48 bits per heavy atom. The minimum Gasteiger partial charge on any atom is -0.388 e. The summed E-state index contributed by atoms with van der Waals surface area (Å²) in [6, 6.07) is 18.1. The fraction of sp³-hybridized carbons (Fsp3) is 0.118. The van der Waals surface area contributed by atoms with Crippen molar-refractivity contribution < 1.29 is 5.11 Å². The van der Waals surface area contributed by atoms with E-state index < -0.39 is 6.10 Å². The van der Waals surface area contributed by atoms with Crippen LogP contribution in [0, 0.1) is 3.57 Å². The summed E-state index contributed by atoms with van der Waals surface area (Å²) in [6.07, 6.45) is 3.66. The van der Waals surface area contributed by atoms with E-state index in [1.54, 1.807) is 10.9 Å². The Kier molecular flexibility index (Phi) is 4.36. The van der Waals surface area contributed by atoms with Gasteiger partial charge in [-0.05, 0) is 52.4 Å². The first-order valence-corrected chi connectivity index (χ1v) is 7.83. The molecule has 1 aromatic heterocycles. The van der Waals surface area contributed by atoms with E-state index >= 15 is 0 Å². The van der Waals surface area contributed by atoms with E-state index in [0.29, 0.717) is 6.42 Å². The van der Waals surface area contributed by atoms with Gasteiger partial charge in [0, 0.05) is 21.8 Å². The average Bonchev–Trinajstić information content (AvgIpc) is 3.00. The molecule has 0 saturated heterocycles. The Labute approximate surface area is 137 Å². The molecule has 0 amide bonds. The molecular weight excluding hydrogens is 375 g/mol. The van der Waals surface area contributed by atoms with Crippen LogP contribution in [0.4, 0.5) is 0 Å². The molecule has 1 atom stereocenters. The van der Waals surface area contributed by atoms with E-state index in [4.69, 9.17) is 0 Å². The molecule has 3 nitrogen and oxygen atoms in total. The molecule has 0 aliphatic carbocycles. The van der Waals surface area contributed by atoms with E-state index in [-0.39, 0.29) is 0 Å². The largest absolute Gasteiger partial charge is 0.388 e. The van der Waals surface area contributed by atoms with Crippen LogP contribution in [0.1, 0.15) is 17.2 Å². The Morgan fingerprint density at radius 2 is 1.76 bits per heavy atom. The summed E-state index contributed by atoms with van der Waals surface area (Å²) >= 11 is 2.28. The van der Waals surface area contributed by atoms with Crippen LogP contribution in [-0.2, 0) is 6.42 Å². The van der Waals surface area contributed by atoms with Gasteiger partial charge in [0.2, 0.25) is 0 Å². The van der Waals surface area contributed by atoms with Crippen LogP contribution in [0.3, 0.4) is 0 Å². The van der Waals surface area contributed by atoms with Crippen LogP contribution in [0.5, 0.6) is 0 Å². The molecule has 0 saturated carbocycles. The molecule has 21 heavy (non-hydrogen) atoms. The first kappa shape index (κ1) is 14.3. The summed E-state index contributed by atoms with van der Waals surface area (Å²) in [5, 5.41) is 14.7. The minimum atomic E-state index is -0.539. The maximum atomic E-state index is 10.3. The molecule has 0 bridgehead atoms. The number of aromatic nitrogens is 2. The predicted octanol–water partition coefficient (Wildman–Crippen LogP) is 3.75. The second-order valence-electron chi connectivity index (χ2n) is 4.90. The number of hydrogen-bond donors (Lipinski definition) is 1. The highest BCUT2D eigenvalue weighted by Crippen LogP contribution is 2.19. The lowest BCUT2D eigenvalue weighted by molar-refractivity contribution is 0.178. The third-order valence-electron chi connectivity index (χ3n) is 3.35. The van der Waals surface area contributed by atoms with Gasteiger partial charge in [-0.3, -0.25) is 0 Å². The average molecular weight is 390 g/mol. The second-order valence-corrected chi connectivity index (χ2v) is 6.15. The Bertz CT molecular complexity index is 707. The van der Waals surface area contributed by atoms with Crippen molar-refractivity contribution >= 4 is 22.6 Å². The predicted molar refractivity (Wildman–Crippen MR) is 91.4 cm³/mol. The van der Waals surface area contributed by atoms with Crippen molar-refractivity contribution in [1.29, 1.82) is 0 Å². The molecule has 4 heteroatoms. The SMILES string of the molecule is OC(Cc1ccc(I)cc1)c1cnn(-c2ccccc2)c1. The van der Waals surface area contributed by atoms with Crippen molar-refractivity contribution in [2.75, 3.05) is 0 Å². The van der Waals surface area contributed by atoms with E-state index in [1.807, 2.05) is 48.7 Å². The fourth-order valence-electron chi connectivity index (χ4n) is 2.19. The van der Waals surface area contributed by atoms with Gasteiger partial charge in [-0.25, -0.2) is 4.68 Å². The number of aliphatic hydroxyl groups excluding tert-OH is 1. The van der Waals surface area contributed by atoms with Gasteiger partial charge in [0.1, 0.15) is 0 Å². The van der Waals surface area contributed by atoms with Gasteiger partial charge in [-0.2, -0.15) is 5.10 Å². The standard InChI is InChI=1S/C17H15IN2O/c18-15-8-6-13(7-9-15)10-17(21)14-11-19-20(12-14)16-4-2-1-3-5-16/h1-9,11-12,17,21H,10H2. The van der Waals surface area contributed by atoms with Crippen LogP contribution in [-0.4, -0.2) is 14.9 Å². The summed E-state index contributed by atoms with van der Waals surface area (Å²) in [4.78, 5) is 0. The normalized spacial score (nSPS) is 12.3.